The Labute approximate surface area is 256 Å². The van der Waals surface area contributed by atoms with Crippen LogP contribution in [0.5, 0.6) is 0 Å². The molecule has 12 heteroatoms. The monoisotopic (exact) mass is 598 g/mol. The van der Waals surface area contributed by atoms with Crippen molar-refractivity contribution in [3.63, 3.8) is 0 Å². The summed E-state index contributed by atoms with van der Waals surface area (Å²) in [5, 5.41) is 39.3. The maximum Gasteiger partial charge on any atom is 0.270 e. The number of aromatic nitrogens is 4. The van der Waals surface area contributed by atoms with Crippen LogP contribution in [0, 0.1) is 49.8 Å². The van der Waals surface area contributed by atoms with Crippen molar-refractivity contribution >= 4 is 22.7 Å². The van der Waals surface area contributed by atoms with E-state index in [0.29, 0.717) is 46.9 Å². The maximum absolute atomic E-state index is 11.7. The van der Waals surface area contributed by atoms with Crippen LogP contribution < -0.4 is 10.6 Å². The van der Waals surface area contributed by atoms with Crippen molar-refractivity contribution in [2.45, 2.75) is 41.5 Å². The molecule has 0 aliphatic carbocycles. The highest BCUT2D eigenvalue weighted by Crippen LogP contribution is 2.35. The molecule has 44 heavy (non-hydrogen) atoms. The summed E-state index contributed by atoms with van der Waals surface area (Å²) in [6, 6.07) is 9.42. The molecule has 2 aromatic carbocycles. The fourth-order valence-corrected chi connectivity index (χ4v) is 4.63. The molecule has 2 N–H and O–H groups in total. The van der Waals surface area contributed by atoms with Gasteiger partial charge in [0.15, 0.2) is 0 Å². The van der Waals surface area contributed by atoms with Crippen LogP contribution in [0.15, 0.2) is 48.8 Å². The lowest BCUT2D eigenvalue weighted by Crippen LogP contribution is -2.31. The molecule has 0 radical (unpaired) electrons. The molecular weight excluding hydrogens is 560 g/mol. The first-order chi connectivity index (χ1) is 20.5. The van der Waals surface area contributed by atoms with Crippen molar-refractivity contribution in [1.29, 1.82) is 0 Å². The van der Waals surface area contributed by atoms with Crippen LogP contribution in [0.2, 0.25) is 0 Å². The lowest BCUT2D eigenvalue weighted by molar-refractivity contribution is -0.385. The van der Waals surface area contributed by atoms with Gasteiger partial charge < -0.3 is 10.6 Å². The summed E-state index contributed by atoms with van der Waals surface area (Å²) in [7, 11) is 3.61. The zero-order valence-electron chi connectivity index (χ0n) is 26.3. The highest BCUT2D eigenvalue weighted by Gasteiger charge is 2.23. The largest absolute Gasteiger partial charge is 0.384 e. The molecule has 0 saturated heterocycles. The lowest BCUT2D eigenvalue weighted by Gasteiger charge is -2.27. The van der Waals surface area contributed by atoms with E-state index in [1.54, 1.807) is 34.6 Å². The topological polar surface area (TPSA) is 146 Å². The van der Waals surface area contributed by atoms with Crippen LogP contribution in [-0.2, 0) is 14.1 Å². The normalized spacial score (nSPS) is 11.5. The third-order valence-electron chi connectivity index (χ3n) is 6.87. The van der Waals surface area contributed by atoms with E-state index in [-0.39, 0.29) is 22.2 Å². The molecule has 0 atom stereocenters. The Hall–Kier alpha value is -5.18. The van der Waals surface area contributed by atoms with Gasteiger partial charge in [0.2, 0.25) is 0 Å². The minimum atomic E-state index is -0.421. The summed E-state index contributed by atoms with van der Waals surface area (Å²) >= 11 is 0. The van der Waals surface area contributed by atoms with E-state index in [1.165, 1.54) is 18.2 Å². The van der Waals surface area contributed by atoms with Crippen molar-refractivity contribution in [2.24, 2.45) is 24.9 Å². The Kier molecular flexibility index (Phi) is 8.81. The van der Waals surface area contributed by atoms with Gasteiger partial charge >= 0.3 is 0 Å². The standard InChI is InChI=1S/C32H38N8O4/c1-21-17-37(7)35-29(21)25-15-23(39(41)42)9-11-27(25)33-19-32(5,6)20-34-28-12-10-24(40(43)44)16-26(28)30-22(18-38(8)36-30)13-14-31(2,3)4/h9-12,15-18,33-34H,19-20H2,1-8H3. The number of anilines is 2. The molecule has 2 heterocycles. The second-order valence-electron chi connectivity index (χ2n) is 12.7. The number of non-ortho nitro benzene ring substituents is 2. The number of hydrogen-bond acceptors (Lipinski definition) is 8. The molecule has 2 aromatic heterocycles. The van der Waals surface area contributed by atoms with Gasteiger partial charge in [-0.2, -0.15) is 10.2 Å². The maximum atomic E-state index is 11.7. The lowest BCUT2D eigenvalue weighted by atomic mass is 9.92. The second kappa shape index (κ2) is 12.2. The molecule has 0 aliphatic heterocycles. The van der Waals surface area contributed by atoms with Crippen LogP contribution >= 0.6 is 0 Å². The first-order valence-corrected chi connectivity index (χ1v) is 14.2. The van der Waals surface area contributed by atoms with Gasteiger partial charge in [0.1, 0.15) is 5.69 Å². The number of nitro benzene ring substituents is 2. The first-order valence-electron chi connectivity index (χ1n) is 14.2. The van der Waals surface area contributed by atoms with Gasteiger partial charge in [0, 0.05) is 91.8 Å². The first kappa shape index (κ1) is 31.7. The molecule has 0 unspecified atom stereocenters. The predicted octanol–water partition coefficient (Wildman–Crippen LogP) is 6.56. The molecule has 0 saturated carbocycles. The Morgan fingerprint density at radius 3 is 1.73 bits per heavy atom. The van der Waals surface area contributed by atoms with E-state index >= 15 is 0 Å². The van der Waals surface area contributed by atoms with Crippen molar-refractivity contribution in [3.05, 3.63) is 80.1 Å². The number of hydrogen-bond donors (Lipinski definition) is 2. The van der Waals surface area contributed by atoms with E-state index in [2.05, 4.69) is 46.5 Å². The Morgan fingerprint density at radius 2 is 1.27 bits per heavy atom. The molecule has 0 amide bonds. The van der Waals surface area contributed by atoms with Crippen LogP contribution in [0.25, 0.3) is 22.5 Å². The van der Waals surface area contributed by atoms with Crippen LogP contribution in [0.4, 0.5) is 22.7 Å². The van der Waals surface area contributed by atoms with Gasteiger partial charge in [-0.15, -0.1) is 0 Å². The second-order valence-corrected chi connectivity index (χ2v) is 12.7. The number of benzene rings is 2. The number of nitro groups is 2. The average Bonchev–Trinajstić information content (AvgIpc) is 3.48. The molecule has 230 valence electrons. The van der Waals surface area contributed by atoms with E-state index in [0.717, 1.165) is 11.3 Å². The number of nitrogens with one attached hydrogen (secondary N) is 2. The summed E-state index contributed by atoms with van der Waals surface area (Å²) in [4.78, 5) is 22.4. The average molecular weight is 599 g/mol. The summed E-state index contributed by atoms with van der Waals surface area (Å²) in [6.07, 6.45) is 3.69. The van der Waals surface area contributed by atoms with Gasteiger partial charge in [-0.05, 0) is 50.8 Å². The zero-order chi connectivity index (χ0) is 32.4. The van der Waals surface area contributed by atoms with Gasteiger partial charge in [-0.3, -0.25) is 29.6 Å². The Bertz CT molecular complexity index is 1780. The molecule has 4 aromatic rings. The van der Waals surface area contributed by atoms with Crippen LogP contribution in [0.1, 0.15) is 45.7 Å². The van der Waals surface area contributed by atoms with Crippen molar-refractivity contribution in [3.8, 4) is 34.4 Å². The Morgan fingerprint density at radius 1 is 0.795 bits per heavy atom. The van der Waals surface area contributed by atoms with Crippen molar-refractivity contribution in [2.75, 3.05) is 23.7 Å². The summed E-state index contributed by atoms with van der Waals surface area (Å²) in [6.45, 7) is 13.2. The third-order valence-corrected chi connectivity index (χ3v) is 6.87. The van der Waals surface area contributed by atoms with E-state index in [4.69, 9.17) is 0 Å². The molecule has 0 fully saturated rings. The Balaban J connectivity index is 1.61. The highest BCUT2D eigenvalue weighted by atomic mass is 16.6. The molecular formula is C32H38N8O4. The van der Waals surface area contributed by atoms with Gasteiger partial charge in [0.05, 0.1) is 21.1 Å². The summed E-state index contributed by atoms with van der Waals surface area (Å²) in [5.41, 5.74) is 4.89. The van der Waals surface area contributed by atoms with E-state index in [9.17, 15) is 20.2 Å². The van der Waals surface area contributed by atoms with Gasteiger partial charge in [0.25, 0.3) is 11.4 Å². The number of nitrogens with zero attached hydrogens (tertiary/aromatic N) is 6. The minimum Gasteiger partial charge on any atom is -0.384 e. The fourth-order valence-electron chi connectivity index (χ4n) is 4.63. The molecule has 0 spiro atoms. The summed E-state index contributed by atoms with van der Waals surface area (Å²) < 4.78 is 3.34. The number of aryl methyl sites for hydroxylation is 3. The SMILES string of the molecule is Cc1cn(C)nc1-c1cc([N+](=O)[O-])ccc1NCC(C)(C)CNc1ccc([N+](=O)[O-])cc1-c1nn(C)cc1C#CC(C)(C)C. The van der Waals surface area contributed by atoms with E-state index in [1.807, 2.05) is 47.1 Å². The van der Waals surface area contributed by atoms with Crippen LogP contribution in [0.3, 0.4) is 0 Å². The zero-order valence-corrected chi connectivity index (χ0v) is 26.3. The molecule has 12 nitrogen and oxygen atoms in total. The van der Waals surface area contributed by atoms with E-state index < -0.39 is 9.85 Å². The van der Waals surface area contributed by atoms with Crippen molar-refractivity contribution < 1.29 is 9.85 Å². The molecule has 0 aliphatic rings. The smallest absolute Gasteiger partial charge is 0.270 e. The number of rotatable bonds is 10. The van der Waals surface area contributed by atoms with Crippen molar-refractivity contribution in [1.82, 2.24) is 19.6 Å². The summed E-state index contributed by atoms with van der Waals surface area (Å²) in [5.74, 6) is 6.43. The molecule has 0 bridgehead atoms. The minimum absolute atomic E-state index is 0.0108. The predicted molar refractivity (Wildman–Crippen MR) is 172 cm³/mol. The highest BCUT2D eigenvalue weighted by molar-refractivity contribution is 5.81. The van der Waals surface area contributed by atoms with Crippen LogP contribution in [-0.4, -0.2) is 42.5 Å². The third kappa shape index (κ3) is 7.60. The van der Waals surface area contributed by atoms with Gasteiger partial charge in [-0.25, -0.2) is 0 Å². The fraction of sp³-hybridized carbons (Fsp3) is 0.375. The quantitative estimate of drug-likeness (QED) is 0.119. The molecule has 4 rings (SSSR count). The van der Waals surface area contributed by atoms with Gasteiger partial charge in [-0.1, -0.05) is 25.7 Å².